The fourth-order valence-electron chi connectivity index (χ4n) is 2.26. The van der Waals surface area contributed by atoms with Crippen LogP contribution < -0.4 is 5.32 Å². The van der Waals surface area contributed by atoms with E-state index in [9.17, 15) is 4.79 Å². The Labute approximate surface area is 155 Å². The highest BCUT2D eigenvalue weighted by Crippen LogP contribution is 2.28. The third-order valence-electron chi connectivity index (χ3n) is 3.50. The Morgan fingerprint density at radius 2 is 1.92 bits per heavy atom. The lowest BCUT2D eigenvalue weighted by Gasteiger charge is -2.06. The number of nitrogens with one attached hydrogen (secondary N) is 1. The Balaban J connectivity index is 1.28. The first-order valence-corrected chi connectivity index (χ1v) is 9.98. The van der Waals surface area contributed by atoms with Gasteiger partial charge in [0.05, 0.1) is 22.6 Å². The van der Waals surface area contributed by atoms with Crippen LogP contribution in [0.15, 0.2) is 58.9 Å². The molecule has 1 heterocycles. The van der Waals surface area contributed by atoms with Crippen molar-refractivity contribution < 1.29 is 9.53 Å². The zero-order valence-corrected chi connectivity index (χ0v) is 15.4. The van der Waals surface area contributed by atoms with Gasteiger partial charge in [0.2, 0.25) is 5.91 Å². The van der Waals surface area contributed by atoms with Crippen molar-refractivity contribution >= 4 is 39.2 Å². The predicted molar refractivity (Wildman–Crippen MR) is 104 cm³/mol. The van der Waals surface area contributed by atoms with Crippen LogP contribution in [0.2, 0.25) is 0 Å². The fourth-order valence-corrected chi connectivity index (χ4v) is 4.16. The Morgan fingerprint density at radius 3 is 2.76 bits per heavy atom. The molecule has 0 saturated carbocycles. The van der Waals surface area contributed by atoms with E-state index in [2.05, 4.69) is 10.3 Å². The fraction of sp³-hybridized carbons (Fsp3) is 0.263. The Hall–Kier alpha value is -1.89. The number of thiazole rings is 1. The smallest absolute Gasteiger partial charge is 0.230 e. The number of ether oxygens (including phenoxy) is 1. The van der Waals surface area contributed by atoms with Crippen LogP contribution in [-0.2, 0) is 16.1 Å². The van der Waals surface area contributed by atoms with Gasteiger partial charge in [0.25, 0.3) is 0 Å². The molecule has 1 amide bonds. The number of benzene rings is 2. The van der Waals surface area contributed by atoms with Crippen LogP contribution in [0.25, 0.3) is 10.2 Å². The lowest BCUT2D eigenvalue weighted by Crippen LogP contribution is -2.26. The van der Waals surface area contributed by atoms with Gasteiger partial charge in [0.1, 0.15) is 0 Å². The molecule has 0 bridgehead atoms. The highest BCUT2D eigenvalue weighted by Gasteiger charge is 2.07. The van der Waals surface area contributed by atoms with Gasteiger partial charge in [0.15, 0.2) is 4.34 Å². The molecule has 0 radical (unpaired) electrons. The second kappa shape index (κ2) is 9.56. The van der Waals surface area contributed by atoms with E-state index in [0.717, 1.165) is 21.0 Å². The van der Waals surface area contributed by atoms with Crippen LogP contribution in [0.4, 0.5) is 0 Å². The Morgan fingerprint density at radius 1 is 1.12 bits per heavy atom. The van der Waals surface area contributed by atoms with Crippen LogP contribution >= 0.6 is 23.1 Å². The Bertz CT molecular complexity index is 772. The average molecular weight is 373 g/mol. The standard InChI is InChI=1S/C19H20N2O2S2/c22-18(14-24-19-21-16-9-4-5-10-17(16)25-19)20-11-6-12-23-13-15-7-2-1-3-8-15/h1-5,7-10H,6,11-14H2,(H,20,22). The second-order valence-electron chi connectivity index (χ2n) is 5.48. The summed E-state index contributed by atoms with van der Waals surface area (Å²) in [5.41, 5.74) is 2.16. The molecule has 25 heavy (non-hydrogen) atoms. The number of carbonyl (C=O) groups excluding carboxylic acids is 1. The molecule has 0 fully saturated rings. The lowest BCUT2D eigenvalue weighted by atomic mass is 10.2. The Kier molecular flexibility index (Phi) is 6.85. The van der Waals surface area contributed by atoms with Crippen LogP contribution in [0.1, 0.15) is 12.0 Å². The van der Waals surface area contributed by atoms with E-state index in [-0.39, 0.29) is 5.91 Å². The van der Waals surface area contributed by atoms with Gasteiger partial charge in [-0.1, -0.05) is 54.2 Å². The molecule has 0 unspecified atom stereocenters. The molecular weight excluding hydrogens is 352 g/mol. The largest absolute Gasteiger partial charge is 0.377 e. The van der Waals surface area contributed by atoms with Crippen molar-refractivity contribution in [1.82, 2.24) is 10.3 Å². The summed E-state index contributed by atoms with van der Waals surface area (Å²) in [5, 5.41) is 2.92. The molecular formula is C19H20N2O2S2. The highest BCUT2D eigenvalue weighted by atomic mass is 32.2. The number of carbonyl (C=O) groups is 1. The number of nitrogens with zero attached hydrogens (tertiary/aromatic N) is 1. The molecule has 0 aliphatic carbocycles. The summed E-state index contributed by atoms with van der Waals surface area (Å²) in [6, 6.07) is 18.1. The summed E-state index contributed by atoms with van der Waals surface area (Å²) in [5.74, 6) is 0.428. The molecule has 130 valence electrons. The van der Waals surface area contributed by atoms with E-state index in [4.69, 9.17) is 4.74 Å². The normalized spacial score (nSPS) is 10.9. The molecule has 0 saturated heterocycles. The van der Waals surface area contributed by atoms with E-state index >= 15 is 0 Å². The van der Waals surface area contributed by atoms with E-state index in [1.54, 1.807) is 11.3 Å². The molecule has 3 aromatic rings. The number of fused-ring (bicyclic) bond motifs is 1. The first-order valence-electron chi connectivity index (χ1n) is 8.18. The van der Waals surface area contributed by atoms with Crippen molar-refractivity contribution in [2.45, 2.75) is 17.4 Å². The van der Waals surface area contributed by atoms with Crippen LogP contribution in [0.5, 0.6) is 0 Å². The molecule has 3 rings (SSSR count). The third-order valence-corrected chi connectivity index (χ3v) is 5.68. The van der Waals surface area contributed by atoms with Gasteiger partial charge >= 0.3 is 0 Å². The van der Waals surface area contributed by atoms with Crippen molar-refractivity contribution in [3.05, 3.63) is 60.2 Å². The van der Waals surface area contributed by atoms with Crippen molar-refractivity contribution in [2.24, 2.45) is 0 Å². The maximum atomic E-state index is 11.9. The molecule has 0 spiro atoms. The molecule has 2 aromatic carbocycles. The van der Waals surface area contributed by atoms with Crippen molar-refractivity contribution in [2.75, 3.05) is 18.9 Å². The molecule has 1 N–H and O–H groups in total. The number of rotatable bonds is 9. The van der Waals surface area contributed by atoms with E-state index in [0.29, 0.717) is 25.5 Å². The number of hydrogen-bond acceptors (Lipinski definition) is 5. The summed E-state index contributed by atoms with van der Waals surface area (Å²) in [6.07, 6.45) is 0.810. The minimum absolute atomic E-state index is 0.0346. The summed E-state index contributed by atoms with van der Waals surface area (Å²) in [4.78, 5) is 16.4. The van der Waals surface area contributed by atoms with Crippen molar-refractivity contribution in [1.29, 1.82) is 0 Å². The topological polar surface area (TPSA) is 51.2 Å². The highest BCUT2D eigenvalue weighted by molar-refractivity contribution is 8.01. The van der Waals surface area contributed by atoms with Gasteiger partial charge in [0, 0.05) is 13.2 Å². The van der Waals surface area contributed by atoms with Crippen LogP contribution in [-0.4, -0.2) is 29.8 Å². The molecule has 0 atom stereocenters. The number of amides is 1. The number of aromatic nitrogens is 1. The monoisotopic (exact) mass is 372 g/mol. The maximum absolute atomic E-state index is 11.9. The number of thioether (sulfide) groups is 1. The minimum Gasteiger partial charge on any atom is -0.377 e. The summed E-state index contributed by atoms with van der Waals surface area (Å²) < 4.78 is 7.69. The lowest BCUT2D eigenvalue weighted by molar-refractivity contribution is -0.118. The summed E-state index contributed by atoms with van der Waals surface area (Å²) in [6.45, 7) is 1.89. The first-order chi connectivity index (χ1) is 12.3. The zero-order chi connectivity index (χ0) is 17.3. The molecule has 6 heteroatoms. The van der Waals surface area contributed by atoms with Crippen molar-refractivity contribution in [3.8, 4) is 0 Å². The predicted octanol–water partition coefficient (Wildman–Crippen LogP) is 4.11. The third kappa shape index (κ3) is 5.85. The van der Waals surface area contributed by atoms with Crippen LogP contribution in [0.3, 0.4) is 0 Å². The first kappa shape index (κ1) is 17.9. The molecule has 4 nitrogen and oxygen atoms in total. The average Bonchev–Trinajstić information content (AvgIpc) is 3.07. The van der Waals surface area contributed by atoms with E-state index in [1.807, 2.05) is 54.6 Å². The van der Waals surface area contributed by atoms with E-state index < -0.39 is 0 Å². The van der Waals surface area contributed by atoms with Crippen LogP contribution in [0, 0.1) is 0 Å². The zero-order valence-electron chi connectivity index (χ0n) is 13.8. The quantitative estimate of drug-likeness (QED) is 0.454. The van der Waals surface area contributed by atoms with E-state index in [1.165, 1.54) is 17.3 Å². The van der Waals surface area contributed by atoms with Gasteiger partial charge < -0.3 is 10.1 Å². The molecule has 0 aliphatic rings. The summed E-state index contributed by atoms with van der Waals surface area (Å²) >= 11 is 3.11. The minimum atomic E-state index is 0.0346. The van der Waals surface area contributed by atoms with Crippen molar-refractivity contribution in [3.63, 3.8) is 0 Å². The maximum Gasteiger partial charge on any atom is 0.230 e. The van der Waals surface area contributed by atoms with Gasteiger partial charge in [-0.05, 0) is 24.1 Å². The summed E-state index contributed by atoms with van der Waals surface area (Å²) in [7, 11) is 0. The molecule has 1 aromatic heterocycles. The van der Waals surface area contributed by atoms with Gasteiger partial charge in [-0.15, -0.1) is 11.3 Å². The van der Waals surface area contributed by atoms with Gasteiger partial charge in [-0.3, -0.25) is 4.79 Å². The second-order valence-corrected chi connectivity index (χ2v) is 7.73. The number of hydrogen-bond donors (Lipinski definition) is 1. The van der Waals surface area contributed by atoms with Gasteiger partial charge in [-0.25, -0.2) is 4.98 Å². The van der Waals surface area contributed by atoms with Gasteiger partial charge in [-0.2, -0.15) is 0 Å². The molecule has 0 aliphatic heterocycles. The SMILES string of the molecule is O=C(CSc1nc2ccccc2s1)NCCCOCc1ccccc1. The number of para-hydroxylation sites is 1.